The molecule has 5 rings (SSSR count). The zero-order valence-corrected chi connectivity index (χ0v) is 13.9. The van der Waals surface area contributed by atoms with Gasteiger partial charge in [-0.3, -0.25) is 0 Å². The van der Waals surface area contributed by atoms with Crippen LogP contribution in [-0.4, -0.2) is 6.61 Å². The molecule has 130 valence electrons. The minimum Gasteiger partial charge on any atom is -0.456 e. The Balaban J connectivity index is 1.60. The summed E-state index contributed by atoms with van der Waals surface area (Å²) in [6, 6.07) is 8.32. The van der Waals surface area contributed by atoms with Gasteiger partial charge in [-0.15, -0.1) is 0 Å². The van der Waals surface area contributed by atoms with Gasteiger partial charge in [-0.05, 0) is 55.3 Å². The van der Waals surface area contributed by atoms with Crippen LogP contribution in [0.2, 0.25) is 0 Å². The van der Waals surface area contributed by atoms with Crippen molar-refractivity contribution in [3.63, 3.8) is 0 Å². The monoisotopic (exact) mass is 349 g/mol. The van der Waals surface area contributed by atoms with E-state index in [-0.39, 0.29) is 5.82 Å². The van der Waals surface area contributed by atoms with Gasteiger partial charge in [0.25, 0.3) is 0 Å². The fraction of sp³-hybridized carbons (Fsp3) is 0.143. The van der Waals surface area contributed by atoms with Gasteiger partial charge < -0.3 is 15.0 Å². The summed E-state index contributed by atoms with van der Waals surface area (Å²) in [5.41, 5.74) is 11.5. The molecule has 2 heterocycles. The van der Waals surface area contributed by atoms with E-state index < -0.39 is 0 Å². The smallest absolute Gasteiger partial charge is 0.168 e. The van der Waals surface area contributed by atoms with Gasteiger partial charge in [-0.2, -0.15) is 4.89 Å². The molecule has 0 saturated heterocycles. The van der Waals surface area contributed by atoms with Crippen molar-refractivity contribution in [3.05, 3.63) is 76.8 Å². The van der Waals surface area contributed by atoms with Crippen molar-refractivity contribution in [2.75, 3.05) is 12.3 Å². The van der Waals surface area contributed by atoms with Crippen LogP contribution in [0, 0.1) is 5.82 Å². The van der Waals surface area contributed by atoms with E-state index in [1.165, 1.54) is 17.7 Å². The zero-order chi connectivity index (χ0) is 17.7. The van der Waals surface area contributed by atoms with E-state index in [9.17, 15) is 4.39 Å². The van der Waals surface area contributed by atoms with Crippen molar-refractivity contribution in [2.24, 2.45) is 0 Å². The molecular weight excluding hydrogens is 333 g/mol. The van der Waals surface area contributed by atoms with E-state index in [1.807, 2.05) is 30.4 Å². The molecule has 1 aliphatic carbocycles. The van der Waals surface area contributed by atoms with Gasteiger partial charge in [0.05, 0.1) is 0 Å². The zero-order valence-electron chi connectivity index (χ0n) is 13.9. The highest BCUT2D eigenvalue weighted by Crippen LogP contribution is 2.36. The number of fused-ring (bicyclic) bond motifs is 4. The molecule has 4 nitrogen and oxygen atoms in total. The van der Waals surface area contributed by atoms with E-state index in [2.05, 4.69) is 0 Å². The summed E-state index contributed by atoms with van der Waals surface area (Å²) >= 11 is 0. The quantitative estimate of drug-likeness (QED) is 0.525. The lowest BCUT2D eigenvalue weighted by molar-refractivity contribution is -0.255. The molecule has 0 saturated carbocycles. The van der Waals surface area contributed by atoms with Gasteiger partial charge in [0, 0.05) is 27.6 Å². The third kappa shape index (κ3) is 2.48. The van der Waals surface area contributed by atoms with Crippen LogP contribution in [0.25, 0.3) is 21.9 Å². The molecule has 0 fully saturated rings. The van der Waals surface area contributed by atoms with Crippen LogP contribution < -0.4 is 5.73 Å². The number of rotatable bonds is 2. The van der Waals surface area contributed by atoms with Gasteiger partial charge in [0.15, 0.2) is 5.76 Å². The number of halogens is 1. The maximum Gasteiger partial charge on any atom is 0.168 e. The Morgan fingerprint density at radius 2 is 2.00 bits per heavy atom. The van der Waals surface area contributed by atoms with Gasteiger partial charge in [-0.25, -0.2) is 4.39 Å². The average Bonchev–Trinajstić information content (AvgIpc) is 3.00. The number of nitrogens with two attached hydrogens (primary N) is 1. The fourth-order valence-corrected chi connectivity index (χ4v) is 3.62. The molecule has 2 aliphatic rings. The van der Waals surface area contributed by atoms with Gasteiger partial charge >= 0.3 is 0 Å². The summed E-state index contributed by atoms with van der Waals surface area (Å²) < 4.78 is 19.7. The van der Waals surface area contributed by atoms with Gasteiger partial charge in [0.1, 0.15) is 23.6 Å². The third-order valence-electron chi connectivity index (χ3n) is 4.80. The Kier molecular flexibility index (Phi) is 3.36. The predicted octanol–water partition coefficient (Wildman–Crippen LogP) is 4.95. The molecular formula is C21H16FNO3. The highest BCUT2D eigenvalue weighted by atomic mass is 19.1. The highest BCUT2D eigenvalue weighted by Gasteiger charge is 2.20. The van der Waals surface area contributed by atoms with E-state index in [1.54, 1.807) is 6.07 Å². The molecule has 3 aromatic rings. The van der Waals surface area contributed by atoms with E-state index in [0.717, 1.165) is 39.7 Å². The molecule has 2 aromatic carbocycles. The van der Waals surface area contributed by atoms with E-state index in [4.69, 9.17) is 19.9 Å². The molecule has 5 heteroatoms. The van der Waals surface area contributed by atoms with Crippen molar-refractivity contribution in [1.29, 1.82) is 0 Å². The Hall–Kier alpha value is -3.05. The van der Waals surface area contributed by atoms with Crippen molar-refractivity contribution < 1.29 is 18.6 Å². The number of hydrogen-bond donors (Lipinski definition) is 1. The van der Waals surface area contributed by atoms with Gasteiger partial charge in [-0.1, -0.05) is 11.6 Å². The SMILES string of the molecule is Nc1cc(CC2=CC=C3OOCC=C3C2)c2oc3ccc(F)cc3c2c1. The molecule has 0 bridgehead atoms. The highest BCUT2D eigenvalue weighted by molar-refractivity contribution is 6.07. The Morgan fingerprint density at radius 1 is 1.08 bits per heavy atom. The van der Waals surface area contributed by atoms with Crippen LogP contribution >= 0.6 is 0 Å². The first-order valence-corrected chi connectivity index (χ1v) is 8.46. The first kappa shape index (κ1) is 15.2. The number of anilines is 1. The number of benzene rings is 2. The second-order valence-corrected chi connectivity index (χ2v) is 6.61. The molecule has 1 aromatic heterocycles. The van der Waals surface area contributed by atoms with Crippen molar-refractivity contribution in [2.45, 2.75) is 12.8 Å². The normalized spacial score (nSPS) is 16.7. The van der Waals surface area contributed by atoms with E-state index in [0.29, 0.717) is 24.3 Å². The van der Waals surface area contributed by atoms with Crippen LogP contribution in [0.3, 0.4) is 0 Å². The predicted molar refractivity (Wildman–Crippen MR) is 97.7 cm³/mol. The molecule has 2 N–H and O–H groups in total. The Bertz CT molecular complexity index is 1140. The second-order valence-electron chi connectivity index (χ2n) is 6.61. The largest absolute Gasteiger partial charge is 0.456 e. The number of furan rings is 1. The summed E-state index contributed by atoms with van der Waals surface area (Å²) in [4.78, 5) is 10.2. The lowest BCUT2D eigenvalue weighted by Gasteiger charge is -2.21. The summed E-state index contributed by atoms with van der Waals surface area (Å²) in [5, 5.41) is 1.59. The second kappa shape index (κ2) is 5.75. The minimum atomic E-state index is -0.289. The summed E-state index contributed by atoms with van der Waals surface area (Å²) in [6.07, 6.45) is 7.48. The van der Waals surface area contributed by atoms with Crippen LogP contribution in [0.1, 0.15) is 12.0 Å². The third-order valence-corrected chi connectivity index (χ3v) is 4.80. The minimum absolute atomic E-state index is 0.289. The maximum atomic E-state index is 13.7. The van der Waals surface area contributed by atoms with Crippen molar-refractivity contribution in [3.8, 4) is 0 Å². The van der Waals surface area contributed by atoms with Crippen molar-refractivity contribution in [1.82, 2.24) is 0 Å². The lowest BCUT2D eigenvalue weighted by Crippen LogP contribution is -2.10. The van der Waals surface area contributed by atoms with E-state index >= 15 is 0 Å². The summed E-state index contributed by atoms with van der Waals surface area (Å²) in [7, 11) is 0. The molecule has 26 heavy (non-hydrogen) atoms. The first-order valence-electron chi connectivity index (χ1n) is 8.46. The average molecular weight is 349 g/mol. The van der Waals surface area contributed by atoms with Crippen LogP contribution in [-0.2, 0) is 16.2 Å². The maximum absolute atomic E-state index is 13.7. The molecule has 0 spiro atoms. The summed E-state index contributed by atoms with van der Waals surface area (Å²) in [6.45, 7) is 0.456. The van der Waals surface area contributed by atoms with Gasteiger partial charge in [0.2, 0.25) is 0 Å². The molecule has 0 amide bonds. The molecule has 0 atom stereocenters. The van der Waals surface area contributed by atoms with Crippen molar-refractivity contribution >= 4 is 27.6 Å². The molecule has 1 aliphatic heterocycles. The number of hydrogen-bond acceptors (Lipinski definition) is 4. The van der Waals surface area contributed by atoms with Crippen LogP contribution in [0.5, 0.6) is 0 Å². The molecule has 0 radical (unpaired) electrons. The first-order chi connectivity index (χ1) is 12.7. The standard InChI is InChI=1S/C21H16FNO3/c22-15-2-4-20-17(10-15)18-11-16(23)9-14(21(18)25-20)8-12-1-3-19-13(7-12)5-6-24-26-19/h1-5,9-11H,6-8,23H2. The number of nitrogen functional groups attached to an aromatic ring is 1. The number of allylic oxidation sites excluding steroid dienone is 4. The Labute approximate surface area is 148 Å². The fourth-order valence-electron chi connectivity index (χ4n) is 3.62. The summed E-state index contributed by atoms with van der Waals surface area (Å²) in [5.74, 6) is 0.472. The Morgan fingerprint density at radius 3 is 2.92 bits per heavy atom. The molecule has 0 unspecified atom stereocenters. The van der Waals surface area contributed by atoms with Crippen LogP contribution in [0.4, 0.5) is 10.1 Å². The van der Waals surface area contributed by atoms with Crippen LogP contribution in [0.15, 0.2) is 69.9 Å². The topological polar surface area (TPSA) is 57.6 Å². The lowest BCUT2D eigenvalue weighted by atomic mass is 9.92.